The van der Waals surface area contributed by atoms with E-state index >= 15 is 0 Å². The van der Waals surface area contributed by atoms with E-state index in [4.69, 9.17) is 9.26 Å². The molecule has 0 aliphatic carbocycles. The summed E-state index contributed by atoms with van der Waals surface area (Å²) in [5, 5.41) is 9.83. The fourth-order valence-electron chi connectivity index (χ4n) is 2.89. The van der Waals surface area contributed by atoms with Crippen molar-refractivity contribution in [1.29, 1.82) is 0 Å². The van der Waals surface area contributed by atoms with E-state index in [0.717, 1.165) is 18.5 Å². The SMILES string of the molecule is Cc1ccc(NC(=O)NC(c2nc(C(C)C)no2)C2CCOCC2)cn1. The molecule has 2 aromatic rings. The summed E-state index contributed by atoms with van der Waals surface area (Å²) in [7, 11) is 0. The van der Waals surface area contributed by atoms with Crippen molar-refractivity contribution in [1.82, 2.24) is 20.4 Å². The van der Waals surface area contributed by atoms with Crippen LogP contribution in [0.3, 0.4) is 0 Å². The lowest BCUT2D eigenvalue weighted by Crippen LogP contribution is -2.38. The molecule has 0 bridgehead atoms. The lowest BCUT2D eigenvalue weighted by molar-refractivity contribution is 0.0506. The number of urea groups is 1. The molecule has 0 saturated carbocycles. The van der Waals surface area contributed by atoms with Crippen LogP contribution < -0.4 is 10.6 Å². The Labute approximate surface area is 152 Å². The van der Waals surface area contributed by atoms with Crippen molar-refractivity contribution in [2.75, 3.05) is 18.5 Å². The Morgan fingerprint density at radius 3 is 2.65 bits per heavy atom. The zero-order chi connectivity index (χ0) is 18.5. The summed E-state index contributed by atoms with van der Waals surface area (Å²) in [5.41, 5.74) is 1.52. The molecule has 1 saturated heterocycles. The summed E-state index contributed by atoms with van der Waals surface area (Å²) >= 11 is 0. The molecule has 0 spiro atoms. The standard InChI is InChI=1S/C18H25N5O3/c1-11(2)16-22-17(26-23-16)15(13-6-8-25-9-7-13)21-18(24)20-14-5-4-12(3)19-10-14/h4-5,10-11,13,15H,6-9H2,1-3H3,(H2,20,21,24). The molecule has 26 heavy (non-hydrogen) atoms. The Kier molecular flexibility index (Phi) is 5.82. The van der Waals surface area contributed by atoms with Gasteiger partial charge in [0, 0.05) is 24.8 Å². The van der Waals surface area contributed by atoms with E-state index in [1.807, 2.05) is 32.9 Å². The highest BCUT2D eigenvalue weighted by molar-refractivity contribution is 5.89. The van der Waals surface area contributed by atoms with Crippen LogP contribution in [0.5, 0.6) is 0 Å². The molecule has 1 aliphatic rings. The van der Waals surface area contributed by atoms with Crippen LogP contribution in [0.4, 0.5) is 10.5 Å². The van der Waals surface area contributed by atoms with Gasteiger partial charge in [-0.05, 0) is 37.8 Å². The van der Waals surface area contributed by atoms with Crippen LogP contribution >= 0.6 is 0 Å². The molecule has 2 N–H and O–H groups in total. The summed E-state index contributed by atoms with van der Waals surface area (Å²) < 4.78 is 10.9. The highest BCUT2D eigenvalue weighted by Gasteiger charge is 2.31. The second kappa shape index (κ2) is 8.27. The fourth-order valence-corrected chi connectivity index (χ4v) is 2.89. The van der Waals surface area contributed by atoms with E-state index in [1.54, 1.807) is 6.20 Å². The van der Waals surface area contributed by atoms with E-state index in [2.05, 4.69) is 25.8 Å². The number of hydrogen-bond acceptors (Lipinski definition) is 6. The number of nitrogens with zero attached hydrogens (tertiary/aromatic N) is 3. The molecule has 1 atom stereocenters. The third kappa shape index (κ3) is 4.57. The molecule has 0 aromatic carbocycles. The number of aryl methyl sites for hydroxylation is 1. The molecule has 0 radical (unpaired) electrons. The van der Waals surface area contributed by atoms with Gasteiger partial charge in [0.25, 0.3) is 0 Å². The van der Waals surface area contributed by atoms with Crippen molar-refractivity contribution in [2.24, 2.45) is 5.92 Å². The Morgan fingerprint density at radius 2 is 2.04 bits per heavy atom. The van der Waals surface area contributed by atoms with Crippen molar-refractivity contribution >= 4 is 11.7 Å². The molecule has 3 heterocycles. The molecule has 140 valence electrons. The molecule has 3 rings (SSSR count). The first-order valence-corrected chi connectivity index (χ1v) is 8.94. The molecule has 8 heteroatoms. The largest absolute Gasteiger partial charge is 0.381 e. The van der Waals surface area contributed by atoms with Gasteiger partial charge in [-0.15, -0.1) is 0 Å². The first kappa shape index (κ1) is 18.3. The number of ether oxygens (including phenoxy) is 1. The second-order valence-electron chi connectivity index (χ2n) is 6.86. The maximum Gasteiger partial charge on any atom is 0.319 e. The topological polar surface area (TPSA) is 102 Å². The predicted octanol–water partition coefficient (Wildman–Crippen LogP) is 3.19. The molecular weight excluding hydrogens is 334 g/mol. The van der Waals surface area contributed by atoms with Gasteiger partial charge in [0.15, 0.2) is 5.82 Å². The van der Waals surface area contributed by atoms with E-state index in [9.17, 15) is 4.79 Å². The Bertz CT molecular complexity index is 723. The van der Waals surface area contributed by atoms with Crippen LogP contribution in [0.1, 0.15) is 56.1 Å². The van der Waals surface area contributed by atoms with Gasteiger partial charge >= 0.3 is 6.03 Å². The fraction of sp³-hybridized carbons (Fsp3) is 0.556. The summed E-state index contributed by atoms with van der Waals surface area (Å²) in [6.07, 6.45) is 3.29. The van der Waals surface area contributed by atoms with Crippen molar-refractivity contribution in [3.8, 4) is 0 Å². The van der Waals surface area contributed by atoms with E-state index in [1.165, 1.54) is 0 Å². The number of anilines is 1. The van der Waals surface area contributed by atoms with E-state index in [0.29, 0.717) is 30.6 Å². The van der Waals surface area contributed by atoms with Crippen LogP contribution in [0.2, 0.25) is 0 Å². The normalized spacial score (nSPS) is 16.5. The van der Waals surface area contributed by atoms with Crippen LogP contribution in [0.15, 0.2) is 22.9 Å². The number of aromatic nitrogens is 3. The molecule has 1 fully saturated rings. The van der Waals surface area contributed by atoms with Gasteiger partial charge in [-0.25, -0.2) is 4.79 Å². The lowest BCUT2D eigenvalue weighted by atomic mass is 9.91. The summed E-state index contributed by atoms with van der Waals surface area (Å²) in [5.74, 6) is 1.43. The third-order valence-electron chi connectivity index (χ3n) is 4.43. The van der Waals surface area contributed by atoms with E-state index < -0.39 is 0 Å². The highest BCUT2D eigenvalue weighted by Crippen LogP contribution is 2.30. The summed E-state index contributed by atoms with van der Waals surface area (Å²) in [6.45, 7) is 7.23. The maximum absolute atomic E-state index is 12.5. The van der Waals surface area contributed by atoms with Crippen LogP contribution in [0.25, 0.3) is 0 Å². The zero-order valence-electron chi connectivity index (χ0n) is 15.4. The minimum Gasteiger partial charge on any atom is -0.381 e. The van der Waals surface area contributed by atoms with Gasteiger partial charge in [0.1, 0.15) is 6.04 Å². The van der Waals surface area contributed by atoms with Crippen LogP contribution in [0, 0.1) is 12.8 Å². The van der Waals surface area contributed by atoms with Crippen molar-refractivity contribution in [3.63, 3.8) is 0 Å². The molecule has 8 nitrogen and oxygen atoms in total. The molecular formula is C18H25N5O3. The average Bonchev–Trinajstić information content (AvgIpc) is 3.12. The lowest BCUT2D eigenvalue weighted by Gasteiger charge is -2.28. The monoisotopic (exact) mass is 359 g/mol. The minimum absolute atomic E-state index is 0.162. The molecule has 2 aromatic heterocycles. The van der Waals surface area contributed by atoms with Gasteiger partial charge in [-0.2, -0.15) is 4.98 Å². The van der Waals surface area contributed by atoms with Gasteiger partial charge < -0.3 is 19.9 Å². The Morgan fingerprint density at radius 1 is 1.27 bits per heavy atom. The number of rotatable bonds is 5. The second-order valence-corrected chi connectivity index (χ2v) is 6.86. The van der Waals surface area contributed by atoms with Gasteiger partial charge in [-0.3, -0.25) is 4.98 Å². The van der Waals surface area contributed by atoms with E-state index in [-0.39, 0.29) is 23.9 Å². The molecule has 1 unspecified atom stereocenters. The smallest absolute Gasteiger partial charge is 0.319 e. The first-order chi connectivity index (χ1) is 12.5. The quantitative estimate of drug-likeness (QED) is 0.850. The van der Waals surface area contributed by atoms with Crippen LogP contribution in [-0.4, -0.2) is 34.4 Å². The third-order valence-corrected chi connectivity index (χ3v) is 4.43. The number of carbonyl (C=O) groups excluding carboxylic acids is 1. The van der Waals surface area contributed by atoms with Gasteiger partial charge in [0.05, 0.1) is 11.9 Å². The molecule has 1 aliphatic heterocycles. The van der Waals surface area contributed by atoms with Crippen LogP contribution in [-0.2, 0) is 4.74 Å². The Hall–Kier alpha value is -2.48. The van der Waals surface area contributed by atoms with Gasteiger partial charge in [-0.1, -0.05) is 19.0 Å². The van der Waals surface area contributed by atoms with Gasteiger partial charge in [0.2, 0.25) is 5.89 Å². The highest BCUT2D eigenvalue weighted by atomic mass is 16.5. The molecule has 2 amide bonds. The number of nitrogens with one attached hydrogen (secondary N) is 2. The minimum atomic E-state index is -0.350. The number of amides is 2. The van der Waals surface area contributed by atoms with Crippen molar-refractivity contribution < 1.29 is 14.1 Å². The summed E-state index contributed by atoms with van der Waals surface area (Å²) in [6, 6.07) is 2.99. The maximum atomic E-state index is 12.5. The average molecular weight is 359 g/mol. The number of pyridine rings is 1. The first-order valence-electron chi connectivity index (χ1n) is 8.94. The number of hydrogen-bond donors (Lipinski definition) is 2. The predicted molar refractivity (Wildman–Crippen MR) is 95.8 cm³/mol. The summed E-state index contributed by atoms with van der Waals surface area (Å²) in [4.78, 5) is 21.2. The Balaban J connectivity index is 1.73. The zero-order valence-corrected chi connectivity index (χ0v) is 15.4. The number of carbonyl (C=O) groups is 1. The van der Waals surface area contributed by atoms with Crippen molar-refractivity contribution in [2.45, 2.75) is 45.6 Å². The van der Waals surface area contributed by atoms with Crippen molar-refractivity contribution in [3.05, 3.63) is 35.7 Å².